The average Bonchev–Trinajstić information content (AvgIpc) is 3.32. The summed E-state index contributed by atoms with van der Waals surface area (Å²) in [5.41, 5.74) is 6.59. The normalized spacial score (nSPS) is 11.5. The fourth-order valence-corrected chi connectivity index (χ4v) is 3.68. The molecule has 4 aromatic rings. The Balaban J connectivity index is 1.70. The molecule has 0 unspecified atom stereocenters. The molecule has 2 aromatic carbocycles. The van der Waals surface area contributed by atoms with Gasteiger partial charge in [-0.2, -0.15) is 5.26 Å². The Bertz CT molecular complexity index is 1300. The number of rotatable bonds is 5. The summed E-state index contributed by atoms with van der Waals surface area (Å²) >= 11 is 0. The van der Waals surface area contributed by atoms with Crippen molar-refractivity contribution in [2.45, 2.75) is 20.8 Å². The number of benzene rings is 2. The zero-order chi connectivity index (χ0) is 22.0. The number of nitrogens with zero attached hydrogens (tertiary/aromatic N) is 3. The van der Waals surface area contributed by atoms with E-state index in [1.807, 2.05) is 62.4 Å². The van der Waals surface area contributed by atoms with Gasteiger partial charge >= 0.3 is 5.97 Å². The highest BCUT2D eigenvalue weighted by Gasteiger charge is 2.14. The molecule has 0 bridgehead atoms. The predicted octanol–water partition coefficient (Wildman–Crippen LogP) is 5.21. The monoisotopic (exact) mass is 410 g/mol. The Morgan fingerprint density at radius 3 is 2.61 bits per heavy atom. The van der Waals surface area contributed by atoms with Crippen molar-refractivity contribution in [1.29, 1.82) is 5.26 Å². The molecule has 6 heteroatoms. The van der Waals surface area contributed by atoms with Gasteiger partial charge in [0.05, 0.1) is 28.8 Å². The summed E-state index contributed by atoms with van der Waals surface area (Å²) in [7, 11) is 0. The fourth-order valence-electron chi connectivity index (χ4n) is 3.68. The molecular weight excluding hydrogens is 388 g/mol. The van der Waals surface area contributed by atoms with Crippen LogP contribution in [0.5, 0.6) is 0 Å². The molecule has 0 aliphatic carbocycles. The third kappa shape index (κ3) is 3.86. The molecule has 154 valence electrons. The van der Waals surface area contributed by atoms with Crippen molar-refractivity contribution in [2.75, 3.05) is 6.61 Å². The summed E-state index contributed by atoms with van der Waals surface area (Å²) in [6, 6.07) is 19.3. The fraction of sp³-hybridized carbons (Fsp3) is 0.160. The average molecular weight is 410 g/mol. The number of aromatic amines is 1. The van der Waals surface area contributed by atoms with Crippen molar-refractivity contribution < 1.29 is 9.53 Å². The van der Waals surface area contributed by atoms with E-state index in [0.29, 0.717) is 23.6 Å². The molecule has 0 fully saturated rings. The lowest BCUT2D eigenvalue weighted by atomic mass is 10.1. The minimum Gasteiger partial charge on any atom is -0.462 e. The number of aryl methyl sites for hydroxylation is 1. The second-order valence-electron chi connectivity index (χ2n) is 7.20. The van der Waals surface area contributed by atoms with Gasteiger partial charge in [-0.3, -0.25) is 0 Å². The van der Waals surface area contributed by atoms with Gasteiger partial charge in [-0.05, 0) is 74.9 Å². The van der Waals surface area contributed by atoms with Crippen LogP contribution in [0.3, 0.4) is 0 Å². The summed E-state index contributed by atoms with van der Waals surface area (Å²) in [4.78, 5) is 19.7. The first-order valence-corrected chi connectivity index (χ1v) is 10.0. The molecule has 0 aliphatic rings. The van der Waals surface area contributed by atoms with Crippen LogP contribution in [0.2, 0.25) is 0 Å². The van der Waals surface area contributed by atoms with Crippen LogP contribution < -0.4 is 0 Å². The largest absolute Gasteiger partial charge is 0.462 e. The summed E-state index contributed by atoms with van der Waals surface area (Å²) in [5, 5.41) is 9.75. The number of H-pyrrole nitrogens is 1. The number of aromatic nitrogens is 3. The van der Waals surface area contributed by atoms with Crippen molar-refractivity contribution in [1.82, 2.24) is 14.5 Å². The number of hydrogen-bond donors (Lipinski definition) is 1. The van der Waals surface area contributed by atoms with Crippen LogP contribution in [0.4, 0.5) is 0 Å². The summed E-state index contributed by atoms with van der Waals surface area (Å²) in [6.07, 6.45) is 1.85. The molecular formula is C25H22N4O2. The van der Waals surface area contributed by atoms with Gasteiger partial charge in [0.1, 0.15) is 11.9 Å². The molecule has 2 heterocycles. The van der Waals surface area contributed by atoms with Crippen LogP contribution in [0.25, 0.3) is 28.4 Å². The first-order valence-electron chi connectivity index (χ1n) is 10.0. The van der Waals surface area contributed by atoms with Gasteiger partial charge in [0, 0.05) is 17.1 Å². The van der Waals surface area contributed by atoms with Gasteiger partial charge in [-0.15, -0.1) is 0 Å². The van der Waals surface area contributed by atoms with Crippen molar-refractivity contribution in [3.8, 4) is 11.8 Å². The molecule has 6 nitrogen and oxygen atoms in total. The SMILES string of the molecule is CCOC(=O)c1ccc(-n2c(C)cc(/C=C(/C#N)c3nc4ccccc4[nH]3)c2C)cc1. The van der Waals surface area contributed by atoms with Crippen LogP contribution >= 0.6 is 0 Å². The lowest BCUT2D eigenvalue weighted by Crippen LogP contribution is -2.05. The van der Waals surface area contributed by atoms with Gasteiger partial charge in [0.2, 0.25) is 0 Å². The Morgan fingerprint density at radius 1 is 1.19 bits per heavy atom. The van der Waals surface area contributed by atoms with E-state index in [1.54, 1.807) is 19.1 Å². The number of fused-ring (bicyclic) bond motifs is 1. The molecule has 2 aromatic heterocycles. The maximum Gasteiger partial charge on any atom is 0.338 e. The standard InChI is InChI=1S/C25H22N4O2/c1-4-31-25(30)18-9-11-21(12-10-18)29-16(2)13-19(17(29)3)14-20(15-26)24-27-22-7-5-6-8-23(22)28-24/h5-14H,4H2,1-3H3,(H,27,28)/b20-14-. The molecule has 0 saturated heterocycles. The number of imidazole rings is 1. The first kappa shape index (κ1) is 20.2. The van der Waals surface area contributed by atoms with E-state index in [0.717, 1.165) is 33.7 Å². The van der Waals surface area contributed by atoms with Crippen LogP contribution in [-0.2, 0) is 4.74 Å². The quantitative estimate of drug-likeness (QED) is 0.361. The van der Waals surface area contributed by atoms with Crippen molar-refractivity contribution in [3.63, 3.8) is 0 Å². The van der Waals surface area contributed by atoms with E-state index in [9.17, 15) is 10.1 Å². The highest BCUT2D eigenvalue weighted by molar-refractivity contribution is 5.91. The summed E-state index contributed by atoms with van der Waals surface area (Å²) < 4.78 is 7.14. The van der Waals surface area contributed by atoms with E-state index in [4.69, 9.17) is 4.74 Å². The van der Waals surface area contributed by atoms with Crippen molar-refractivity contribution >= 4 is 28.7 Å². The highest BCUT2D eigenvalue weighted by atomic mass is 16.5. The van der Waals surface area contributed by atoms with E-state index < -0.39 is 0 Å². The maximum atomic E-state index is 11.9. The number of para-hydroxylation sites is 2. The molecule has 0 radical (unpaired) electrons. The van der Waals surface area contributed by atoms with Crippen LogP contribution in [-0.4, -0.2) is 27.1 Å². The smallest absolute Gasteiger partial charge is 0.338 e. The van der Waals surface area contributed by atoms with Crippen LogP contribution in [0, 0.1) is 25.2 Å². The molecule has 4 rings (SSSR count). The number of carbonyl (C=O) groups excluding carboxylic acids is 1. The molecule has 0 amide bonds. The number of hydrogen-bond acceptors (Lipinski definition) is 4. The Labute approximate surface area is 180 Å². The third-order valence-corrected chi connectivity index (χ3v) is 5.17. The Morgan fingerprint density at radius 2 is 1.94 bits per heavy atom. The molecule has 0 saturated carbocycles. The van der Waals surface area contributed by atoms with Gasteiger partial charge in [0.15, 0.2) is 0 Å². The topological polar surface area (TPSA) is 83.7 Å². The van der Waals surface area contributed by atoms with Gasteiger partial charge in [-0.1, -0.05) is 12.1 Å². The second-order valence-corrected chi connectivity index (χ2v) is 7.20. The third-order valence-electron chi connectivity index (χ3n) is 5.17. The van der Waals surface area contributed by atoms with Crippen LogP contribution in [0.1, 0.15) is 40.1 Å². The Hall–Kier alpha value is -4.11. The van der Waals surface area contributed by atoms with Crippen LogP contribution in [0.15, 0.2) is 54.6 Å². The number of ether oxygens (including phenoxy) is 1. The summed E-state index contributed by atoms with van der Waals surface area (Å²) in [5.74, 6) is 0.218. The number of nitrogens with one attached hydrogen (secondary N) is 1. The van der Waals surface area contributed by atoms with E-state index >= 15 is 0 Å². The molecule has 31 heavy (non-hydrogen) atoms. The Kier molecular flexibility index (Phi) is 5.42. The lowest BCUT2D eigenvalue weighted by Gasteiger charge is -2.10. The van der Waals surface area contributed by atoms with Crippen molar-refractivity contribution in [3.05, 3.63) is 82.9 Å². The van der Waals surface area contributed by atoms with Gasteiger partial charge < -0.3 is 14.3 Å². The van der Waals surface area contributed by atoms with E-state index in [1.165, 1.54) is 0 Å². The van der Waals surface area contributed by atoms with Gasteiger partial charge in [-0.25, -0.2) is 9.78 Å². The number of allylic oxidation sites excluding steroid dienone is 1. The lowest BCUT2D eigenvalue weighted by molar-refractivity contribution is 0.0526. The first-order chi connectivity index (χ1) is 15.0. The zero-order valence-electron chi connectivity index (χ0n) is 17.6. The number of nitriles is 1. The summed E-state index contributed by atoms with van der Waals surface area (Å²) in [6.45, 7) is 6.15. The molecule has 0 aliphatic heterocycles. The molecule has 1 N–H and O–H groups in total. The minimum atomic E-state index is -0.330. The van der Waals surface area contributed by atoms with Crippen molar-refractivity contribution in [2.24, 2.45) is 0 Å². The van der Waals surface area contributed by atoms with E-state index in [-0.39, 0.29) is 5.97 Å². The maximum absolute atomic E-state index is 11.9. The van der Waals surface area contributed by atoms with Gasteiger partial charge in [0.25, 0.3) is 0 Å². The molecule has 0 spiro atoms. The molecule has 0 atom stereocenters. The minimum absolute atomic E-state index is 0.330. The number of carbonyl (C=O) groups is 1. The number of esters is 1. The van der Waals surface area contributed by atoms with E-state index in [2.05, 4.69) is 20.6 Å². The predicted molar refractivity (Wildman–Crippen MR) is 121 cm³/mol. The second kappa shape index (κ2) is 8.33. The zero-order valence-corrected chi connectivity index (χ0v) is 17.6. The highest BCUT2D eigenvalue weighted by Crippen LogP contribution is 2.26.